The number of methoxy groups -OCH3 is 1. The minimum absolute atomic E-state index is 0.0710. The molecule has 1 saturated heterocycles. The SMILES string of the molecule is COC1(CN(C)C)CCCN(c2ccc(C(C)C)nc2)C1. The summed E-state index contributed by atoms with van der Waals surface area (Å²) >= 11 is 0. The molecule has 1 aliphatic rings. The molecule has 0 saturated carbocycles. The number of hydrogen-bond acceptors (Lipinski definition) is 4. The first kappa shape index (κ1) is 16.2. The number of pyridine rings is 1. The van der Waals surface area contributed by atoms with Crippen LogP contribution in [0.4, 0.5) is 5.69 Å². The van der Waals surface area contributed by atoms with Crippen molar-refractivity contribution in [1.82, 2.24) is 9.88 Å². The molecule has 118 valence electrons. The second kappa shape index (κ2) is 6.75. The normalized spacial score (nSPS) is 23.1. The number of aromatic nitrogens is 1. The number of hydrogen-bond donors (Lipinski definition) is 0. The summed E-state index contributed by atoms with van der Waals surface area (Å²) in [4.78, 5) is 9.22. The van der Waals surface area contributed by atoms with Crippen LogP contribution in [0.5, 0.6) is 0 Å². The largest absolute Gasteiger partial charge is 0.375 e. The quantitative estimate of drug-likeness (QED) is 0.834. The standard InChI is InChI=1S/C17H29N3O/c1-14(2)16-8-7-15(11-18-16)20-10-6-9-17(13-20,21-5)12-19(3)4/h7-8,11,14H,6,9-10,12-13H2,1-5H3. The number of piperidine rings is 1. The fraction of sp³-hybridized carbons (Fsp3) is 0.706. The zero-order valence-electron chi connectivity index (χ0n) is 14.1. The molecule has 0 aromatic carbocycles. The van der Waals surface area contributed by atoms with E-state index in [4.69, 9.17) is 4.74 Å². The third-order valence-electron chi connectivity index (χ3n) is 4.30. The maximum absolute atomic E-state index is 5.90. The first-order valence-electron chi connectivity index (χ1n) is 7.86. The third kappa shape index (κ3) is 3.95. The second-order valence-corrected chi connectivity index (χ2v) is 6.75. The molecule has 2 rings (SSSR count). The van der Waals surface area contributed by atoms with Gasteiger partial charge < -0.3 is 14.5 Å². The molecule has 4 nitrogen and oxygen atoms in total. The van der Waals surface area contributed by atoms with Gasteiger partial charge in [-0.3, -0.25) is 4.98 Å². The fourth-order valence-corrected chi connectivity index (χ4v) is 3.18. The van der Waals surface area contributed by atoms with Crippen LogP contribution in [0.25, 0.3) is 0 Å². The molecule has 4 heteroatoms. The summed E-state index contributed by atoms with van der Waals surface area (Å²) in [6.45, 7) is 7.33. The summed E-state index contributed by atoms with van der Waals surface area (Å²) < 4.78 is 5.90. The van der Waals surface area contributed by atoms with Crippen molar-refractivity contribution in [2.75, 3.05) is 45.7 Å². The van der Waals surface area contributed by atoms with Crippen LogP contribution in [0.3, 0.4) is 0 Å². The molecular formula is C17H29N3O. The predicted molar refractivity (Wildman–Crippen MR) is 88.1 cm³/mol. The van der Waals surface area contributed by atoms with Crippen molar-refractivity contribution in [3.63, 3.8) is 0 Å². The lowest BCUT2D eigenvalue weighted by Crippen LogP contribution is -2.54. The molecule has 1 aliphatic heterocycles. The van der Waals surface area contributed by atoms with E-state index < -0.39 is 0 Å². The van der Waals surface area contributed by atoms with Gasteiger partial charge in [-0.25, -0.2) is 0 Å². The van der Waals surface area contributed by atoms with Gasteiger partial charge in [-0.2, -0.15) is 0 Å². The third-order valence-corrected chi connectivity index (χ3v) is 4.30. The van der Waals surface area contributed by atoms with Crippen molar-refractivity contribution < 1.29 is 4.74 Å². The van der Waals surface area contributed by atoms with Gasteiger partial charge >= 0.3 is 0 Å². The predicted octanol–water partition coefficient (Wildman–Crippen LogP) is 2.75. The number of anilines is 1. The Morgan fingerprint density at radius 3 is 2.67 bits per heavy atom. The Bertz CT molecular complexity index is 444. The first-order valence-corrected chi connectivity index (χ1v) is 7.86. The number of likely N-dealkylation sites (N-methyl/N-ethyl adjacent to an activating group) is 1. The highest BCUT2D eigenvalue weighted by molar-refractivity contribution is 5.46. The summed E-state index contributed by atoms with van der Waals surface area (Å²) in [6.07, 6.45) is 4.29. The van der Waals surface area contributed by atoms with Crippen LogP contribution < -0.4 is 4.90 Å². The van der Waals surface area contributed by atoms with Crippen LogP contribution in [-0.4, -0.2) is 56.3 Å². The highest BCUT2D eigenvalue weighted by Gasteiger charge is 2.36. The summed E-state index contributed by atoms with van der Waals surface area (Å²) in [5.41, 5.74) is 2.29. The van der Waals surface area contributed by atoms with Crippen LogP contribution in [0.2, 0.25) is 0 Å². The van der Waals surface area contributed by atoms with Gasteiger partial charge in [-0.1, -0.05) is 13.8 Å². The van der Waals surface area contributed by atoms with Crippen molar-refractivity contribution >= 4 is 5.69 Å². The summed E-state index contributed by atoms with van der Waals surface area (Å²) in [5.74, 6) is 0.479. The number of nitrogens with zero attached hydrogens (tertiary/aromatic N) is 3. The van der Waals surface area contributed by atoms with E-state index in [1.165, 1.54) is 5.69 Å². The van der Waals surface area contributed by atoms with Crippen LogP contribution >= 0.6 is 0 Å². The van der Waals surface area contributed by atoms with E-state index in [0.717, 1.165) is 38.2 Å². The Morgan fingerprint density at radius 2 is 2.14 bits per heavy atom. The van der Waals surface area contributed by atoms with Crippen molar-refractivity contribution in [2.24, 2.45) is 0 Å². The summed E-state index contributed by atoms with van der Waals surface area (Å²) in [7, 11) is 6.06. The molecule has 2 heterocycles. The van der Waals surface area contributed by atoms with Gasteiger partial charge in [0.05, 0.1) is 17.5 Å². The van der Waals surface area contributed by atoms with Crippen molar-refractivity contribution in [3.8, 4) is 0 Å². The summed E-state index contributed by atoms with van der Waals surface area (Å²) in [5, 5.41) is 0. The van der Waals surface area contributed by atoms with Crippen LogP contribution in [0, 0.1) is 0 Å². The lowest BCUT2D eigenvalue weighted by molar-refractivity contribution is -0.0372. The van der Waals surface area contributed by atoms with Gasteiger partial charge in [0.15, 0.2) is 0 Å². The molecule has 1 atom stereocenters. The van der Waals surface area contributed by atoms with Crippen molar-refractivity contribution in [3.05, 3.63) is 24.0 Å². The molecule has 0 amide bonds. The Balaban J connectivity index is 2.12. The molecule has 0 aliphatic carbocycles. The van der Waals surface area contributed by atoms with Gasteiger partial charge in [0.25, 0.3) is 0 Å². The van der Waals surface area contributed by atoms with Crippen LogP contribution in [-0.2, 0) is 4.74 Å². The first-order chi connectivity index (χ1) is 9.96. The van der Waals surface area contributed by atoms with E-state index in [9.17, 15) is 0 Å². The zero-order chi connectivity index (χ0) is 15.5. The maximum Gasteiger partial charge on any atom is 0.0979 e. The minimum Gasteiger partial charge on any atom is -0.375 e. The highest BCUT2D eigenvalue weighted by atomic mass is 16.5. The van der Waals surface area contributed by atoms with Gasteiger partial charge in [-0.05, 0) is 45.0 Å². The fourth-order valence-electron chi connectivity index (χ4n) is 3.18. The lowest BCUT2D eigenvalue weighted by Gasteiger charge is -2.44. The summed E-state index contributed by atoms with van der Waals surface area (Å²) in [6, 6.07) is 4.35. The highest BCUT2D eigenvalue weighted by Crippen LogP contribution is 2.29. The molecule has 1 aromatic rings. The van der Waals surface area contributed by atoms with E-state index in [-0.39, 0.29) is 5.60 Å². The van der Waals surface area contributed by atoms with Crippen LogP contribution in [0.15, 0.2) is 18.3 Å². The number of rotatable bonds is 5. The van der Waals surface area contributed by atoms with Crippen molar-refractivity contribution in [1.29, 1.82) is 0 Å². The molecule has 1 fully saturated rings. The Labute approximate surface area is 129 Å². The molecule has 0 spiro atoms. The van der Waals surface area contributed by atoms with Gasteiger partial charge in [-0.15, -0.1) is 0 Å². The molecule has 1 aromatic heterocycles. The monoisotopic (exact) mass is 291 g/mol. The maximum atomic E-state index is 5.90. The lowest BCUT2D eigenvalue weighted by atomic mass is 9.91. The van der Waals surface area contributed by atoms with E-state index >= 15 is 0 Å². The minimum atomic E-state index is -0.0710. The Kier molecular flexibility index (Phi) is 5.22. The van der Waals surface area contributed by atoms with E-state index in [2.05, 4.69) is 54.9 Å². The number of ether oxygens (including phenoxy) is 1. The van der Waals surface area contributed by atoms with E-state index in [1.54, 1.807) is 0 Å². The average molecular weight is 291 g/mol. The van der Waals surface area contributed by atoms with Gasteiger partial charge in [0, 0.05) is 32.4 Å². The second-order valence-electron chi connectivity index (χ2n) is 6.75. The van der Waals surface area contributed by atoms with Gasteiger partial charge in [0.2, 0.25) is 0 Å². The molecular weight excluding hydrogens is 262 g/mol. The Hall–Kier alpha value is -1.13. The molecule has 0 N–H and O–H groups in total. The average Bonchev–Trinajstić information content (AvgIpc) is 2.47. The topological polar surface area (TPSA) is 28.6 Å². The zero-order valence-corrected chi connectivity index (χ0v) is 14.1. The van der Waals surface area contributed by atoms with E-state index in [1.807, 2.05) is 13.3 Å². The molecule has 1 unspecified atom stereocenters. The molecule has 0 radical (unpaired) electrons. The van der Waals surface area contributed by atoms with Crippen molar-refractivity contribution in [2.45, 2.75) is 38.2 Å². The van der Waals surface area contributed by atoms with Gasteiger partial charge in [0.1, 0.15) is 0 Å². The smallest absolute Gasteiger partial charge is 0.0979 e. The Morgan fingerprint density at radius 1 is 1.38 bits per heavy atom. The van der Waals surface area contributed by atoms with E-state index in [0.29, 0.717) is 5.92 Å². The molecule has 21 heavy (non-hydrogen) atoms. The molecule has 0 bridgehead atoms. The van der Waals surface area contributed by atoms with Crippen LogP contribution in [0.1, 0.15) is 38.3 Å².